The van der Waals surface area contributed by atoms with Crippen LogP contribution >= 0.6 is 0 Å². The molecule has 0 spiro atoms. The van der Waals surface area contributed by atoms with Crippen LogP contribution in [0.1, 0.15) is 13.3 Å². The topological polar surface area (TPSA) is 45.3 Å². The fourth-order valence-electron chi connectivity index (χ4n) is 0.643. The Labute approximate surface area is 67.3 Å². The lowest BCUT2D eigenvalue weighted by Gasteiger charge is -1.73. The second-order valence-corrected chi connectivity index (χ2v) is 2.76. The molecule has 2 aliphatic heterocycles. The molecule has 11 heavy (non-hydrogen) atoms. The van der Waals surface area contributed by atoms with Gasteiger partial charge in [0.25, 0.3) is 0 Å². The van der Waals surface area contributed by atoms with Gasteiger partial charge < -0.3 is 14.6 Å². The van der Waals surface area contributed by atoms with Crippen LogP contribution < -0.4 is 0 Å². The fraction of sp³-hybridized carbons (Fsp3) is 0.875. The quantitative estimate of drug-likeness (QED) is 0.592. The zero-order valence-corrected chi connectivity index (χ0v) is 6.82. The van der Waals surface area contributed by atoms with Gasteiger partial charge in [0.05, 0.1) is 25.4 Å². The van der Waals surface area contributed by atoms with Crippen LogP contribution in [0.3, 0.4) is 0 Å². The van der Waals surface area contributed by atoms with Crippen molar-refractivity contribution in [1.29, 1.82) is 0 Å². The molecule has 2 fully saturated rings. The summed E-state index contributed by atoms with van der Waals surface area (Å²) < 4.78 is 9.56. The van der Waals surface area contributed by atoms with Crippen molar-refractivity contribution in [2.24, 2.45) is 0 Å². The molecular weight excluding hydrogens is 144 g/mol. The van der Waals surface area contributed by atoms with E-state index in [9.17, 15) is 0 Å². The molecule has 0 aliphatic carbocycles. The van der Waals surface area contributed by atoms with Crippen molar-refractivity contribution in [3.05, 3.63) is 6.92 Å². The van der Waals surface area contributed by atoms with Gasteiger partial charge in [-0.1, -0.05) is 6.92 Å². The van der Waals surface area contributed by atoms with E-state index in [0.717, 1.165) is 6.61 Å². The standard InChI is InChI=1S/C4H7O2.C4H8O/c1-3-4(2-5)6-3;1-2-4-3-5-4/h3-5H,1-2H2;4H,2-3H2,1H3. The van der Waals surface area contributed by atoms with Crippen molar-refractivity contribution >= 4 is 0 Å². The number of aliphatic hydroxyl groups excluding tert-OH is 1. The molecule has 2 rings (SSSR count). The number of hydrogen-bond donors (Lipinski definition) is 1. The van der Waals surface area contributed by atoms with Crippen molar-refractivity contribution in [2.45, 2.75) is 31.7 Å². The summed E-state index contributed by atoms with van der Waals surface area (Å²) in [7, 11) is 0. The molecule has 65 valence electrons. The van der Waals surface area contributed by atoms with Gasteiger partial charge in [-0.2, -0.15) is 0 Å². The summed E-state index contributed by atoms with van der Waals surface area (Å²) in [5.41, 5.74) is 0. The summed E-state index contributed by atoms with van der Waals surface area (Å²) >= 11 is 0. The van der Waals surface area contributed by atoms with Crippen molar-refractivity contribution < 1.29 is 14.6 Å². The molecule has 0 amide bonds. The number of aliphatic hydroxyl groups is 1. The Hall–Kier alpha value is -0.120. The normalized spacial score (nSPS) is 39.0. The van der Waals surface area contributed by atoms with E-state index in [1.807, 2.05) is 0 Å². The van der Waals surface area contributed by atoms with Gasteiger partial charge in [0.15, 0.2) is 0 Å². The highest BCUT2D eigenvalue weighted by molar-refractivity contribution is 4.85. The molecule has 0 aromatic heterocycles. The summed E-state index contributed by atoms with van der Waals surface area (Å²) in [6, 6.07) is 0. The predicted molar refractivity (Wildman–Crippen MR) is 41.1 cm³/mol. The minimum Gasteiger partial charge on any atom is -0.394 e. The van der Waals surface area contributed by atoms with Crippen LogP contribution in [0.2, 0.25) is 0 Å². The maximum absolute atomic E-state index is 8.21. The van der Waals surface area contributed by atoms with E-state index < -0.39 is 0 Å². The Kier molecular flexibility index (Phi) is 3.30. The third-order valence-corrected chi connectivity index (χ3v) is 1.73. The van der Waals surface area contributed by atoms with Gasteiger partial charge in [0.1, 0.15) is 6.10 Å². The highest BCUT2D eigenvalue weighted by atomic mass is 16.6. The zero-order chi connectivity index (χ0) is 8.27. The van der Waals surface area contributed by atoms with Gasteiger partial charge >= 0.3 is 0 Å². The number of rotatable bonds is 2. The molecule has 1 radical (unpaired) electrons. The van der Waals surface area contributed by atoms with Gasteiger partial charge in [0.2, 0.25) is 0 Å². The van der Waals surface area contributed by atoms with E-state index in [1.54, 1.807) is 0 Å². The van der Waals surface area contributed by atoms with Gasteiger partial charge in [-0.05, 0) is 13.3 Å². The number of ether oxygens (including phenoxy) is 2. The Bertz CT molecular complexity index is 110. The van der Waals surface area contributed by atoms with Gasteiger partial charge in [-0.25, -0.2) is 0 Å². The summed E-state index contributed by atoms with van der Waals surface area (Å²) in [6.45, 7) is 6.79. The molecule has 0 aromatic carbocycles. The molecule has 1 N–H and O–H groups in total. The first kappa shape index (κ1) is 8.97. The first-order valence-corrected chi connectivity index (χ1v) is 3.99. The average Bonchev–Trinajstić information content (AvgIpc) is 2.82. The Morgan fingerprint density at radius 3 is 2.18 bits per heavy atom. The molecule has 2 aliphatic rings. The van der Waals surface area contributed by atoms with E-state index in [2.05, 4.69) is 13.8 Å². The molecule has 3 nitrogen and oxygen atoms in total. The van der Waals surface area contributed by atoms with Crippen LogP contribution in [0.4, 0.5) is 0 Å². The highest BCUT2D eigenvalue weighted by Gasteiger charge is 2.32. The van der Waals surface area contributed by atoms with E-state index >= 15 is 0 Å². The zero-order valence-electron chi connectivity index (χ0n) is 6.82. The smallest absolute Gasteiger partial charge is 0.107 e. The molecule has 2 heterocycles. The second-order valence-electron chi connectivity index (χ2n) is 2.76. The van der Waals surface area contributed by atoms with Crippen LogP contribution in [0.5, 0.6) is 0 Å². The van der Waals surface area contributed by atoms with Crippen LogP contribution in [0, 0.1) is 6.92 Å². The van der Waals surface area contributed by atoms with Gasteiger partial charge in [-0.3, -0.25) is 0 Å². The largest absolute Gasteiger partial charge is 0.394 e. The SMILES string of the molecule is CCC1CO1.[CH2]C1OC1CO. The summed E-state index contributed by atoms with van der Waals surface area (Å²) in [6.07, 6.45) is 1.94. The van der Waals surface area contributed by atoms with Gasteiger partial charge in [0, 0.05) is 0 Å². The molecule has 2 saturated heterocycles. The predicted octanol–water partition coefficient (Wildman–Crippen LogP) is 0.375. The Balaban J connectivity index is 0.000000112. The van der Waals surface area contributed by atoms with Crippen LogP contribution in [-0.2, 0) is 9.47 Å². The molecule has 0 bridgehead atoms. The molecule has 3 unspecified atom stereocenters. The minimum atomic E-state index is 0.0463. The Morgan fingerprint density at radius 2 is 2.18 bits per heavy atom. The number of epoxide rings is 2. The third-order valence-electron chi connectivity index (χ3n) is 1.73. The van der Waals surface area contributed by atoms with E-state index in [1.165, 1.54) is 6.42 Å². The molecule has 3 atom stereocenters. The summed E-state index contributed by atoms with van der Waals surface area (Å²) in [4.78, 5) is 0. The lowest BCUT2D eigenvalue weighted by molar-refractivity contribution is 0.243. The number of hydrogen-bond acceptors (Lipinski definition) is 3. The average molecular weight is 159 g/mol. The van der Waals surface area contributed by atoms with Crippen molar-refractivity contribution in [2.75, 3.05) is 13.2 Å². The first-order chi connectivity index (χ1) is 5.27. The molecule has 0 aromatic rings. The minimum absolute atomic E-state index is 0.0463. The summed E-state index contributed by atoms with van der Waals surface area (Å²) in [5.74, 6) is 0. The van der Waals surface area contributed by atoms with Crippen LogP contribution in [-0.4, -0.2) is 36.6 Å². The van der Waals surface area contributed by atoms with Crippen molar-refractivity contribution in [1.82, 2.24) is 0 Å². The van der Waals surface area contributed by atoms with Gasteiger partial charge in [-0.15, -0.1) is 0 Å². The summed E-state index contributed by atoms with van der Waals surface area (Å²) in [5, 5.41) is 8.21. The van der Waals surface area contributed by atoms with Crippen molar-refractivity contribution in [3.8, 4) is 0 Å². The van der Waals surface area contributed by atoms with E-state index in [-0.39, 0.29) is 18.8 Å². The highest BCUT2D eigenvalue weighted by Crippen LogP contribution is 2.18. The Morgan fingerprint density at radius 1 is 1.64 bits per heavy atom. The lowest BCUT2D eigenvalue weighted by Crippen LogP contribution is -1.94. The van der Waals surface area contributed by atoms with Crippen molar-refractivity contribution in [3.63, 3.8) is 0 Å². The maximum Gasteiger partial charge on any atom is 0.107 e. The van der Waals surface area contributed by atoms with Crippen LogP contribution in [0.25, 0.3) is 0 Å². The first-order valence-electron chi connectivity index (χ1n) is 3.99. The fourth-order valence-corrected chi connectivity index (χ4v) is 0.643. The molecule has 3 heteroatoms. The second kappa shape index (κ2) is 4.04. The van der Waals surface area contributed by atoms with E-state index in [4.69, 9.17) is 14.6 Å². The van der Waals surface area contributed by atoms with Crippen LogP contribution in [0.15, 0.2) is 0 Å². The van der Waals surface area contributed by atoms with E-state index in [0.29, 0.717) is 6.10 Å². The molecular formula is C8H15O3. The lowest BCUT2D eigenvalue weighted by atomic mass is 10.4. The maximum atomic E-state index is 8.21. The monoisotopic (exact) mass is 159 g/mol. The molecule has 0 saturated carbocycles. The third kappa shape index (κ3) is 3.70.